The van der Waals surface area contributed by atoms with Crippen LogP contribution in [0.1, 0.15) is 22.6 Å². The molecule has 0 amide bonds. The molecule has 1 aromatic carbocycles. The third-order valence-electron chi connectivity index (χ3n) is 2.85. The highest BCUT2D eigenvalue weighted by Crippen LogP contribution is 2.38. The van der Waals surface area contributed by atoms with Crippen molar-refractivity contribution in [3.05, 3.63) is 28.8 Å². The van der Waals surface area contributed by atoms with Crippen molar-refractivity contribution in [1.82, 2.24) is 0 Å². The van der Waals surface area contributed by atoms with E-state index >= 15 is 0 Å². The summed E-state index contributed by atoms with van der Waals surface area (Å²) in [5, 5.41) is 0. The normalized spacial score (nSPS) is 19.2. The Morgan fingerprint density at radius 1 is 1.54 bits per heavy atom. The first-order valence-corrected chi connectivity index (χ1v) is 4.63. The van der Waals surface area contributed by atoms with Gasteiger partial charge in [-0.1, -0.05) is 6.07 Å². The van der Waals surface area contributed by atoms with Crippen LogP contribution >= 0.6 is 0 Å². The minimum atomic E-state index is 0.583. The van der Waals surface area contributed by atoms with Crippen LogP contribution in [0.5, 0.6) is 5.75 Å². The zero-order valence-corrected chi connectivity index (χ0v) is 8.13. The zero-order valence-electron chi connectivity index (χ0n) is 8.13. The molecule has 2 heteroatoms. The Kier molecular flexibility index (Phi) is 2.00. The topological polar surface area (TPSA) is 35.2 Å². The second kappa shape index (κ2) is 3.04. The number of hydrogen-bond donors (Lipinski definition) is 1. The van der Waals surface area contributed by atoms with Gasteiger partial charge in [0, 0.05) is 5.92 Å². The Morgan fingerprint density at radius 3 is 2.92 bits per heavy atom. The monoisotopic (exact) mass is 177 g/mol. The third-order valence-corrected chi connectivity index (χ3v) is 2.85. The molecule has 1 aliphatic carbocycles. The van der Waals surface area contributed by atoms with Crippen molar-refractivity contribution in [2.24, 2.45) is 5.73 Å². The van der Waals surface area contributed by atoms with Crippen LogP contribution in [0.3, 0.4) is 0 Å². The number of hydrogen-bond acceptors (Lipinski definition) is 2. The molecule has 1 unspecified atom stereocenters. The standard InChI is InChI=1S/C11H15NO/c1-7-3-10-8(4-9(10)6-12)5-11(7)13-2/h3,5,9H,4,6,12H2,1-2H3. The van der Waals surface area contributed by atoms with Gasteiger partial charge in [0.25, 0.3) is 0 Å². The molecule has 1 atom stereocenters. The molecule has 2 rings (SSSR count). The van der Waals surface area contributed by atoms with Gasteiger partial charge in [0.2, 0.25) is 0 Å². The lowest BCUT2D eigenvalue weighted by Crippen LogP contribution is -2.24. The Bertz CT molecular complexity index is 333. The van der Waals surface area contributed by atoms with Crippen molar-refractivity contribution in [1.29, 1.82) is 0 Å². The molecule has 0 fully saturated rings. The number of nitrogens with two attached hydrogens (primary N) is 1. The summed E-state index contributed by atoms with van der Waals surface area (Å²) in [5.74, 6) is 1.58. The molecule has 0 heterocycles. The van der Waals surface area contributed by atoms with E-state index in [1.54, 1.807) is 7.11 Å². The second-order valence-electron chi connectivity index (χ2n) is 3.66. The smallest absolute Gasteiger partial charge is 0.122 e. The number of benzene rings is 1. The second-order valence-corrected chi connectivity index (χ2v) is 3.66. The van der Waals surface area contributed by atoms with Gasteiger partial charge < -0.3 is 10.5 Å². The first-order valence-electron chi connectivity index (χ1n) is 4.63. The highest BCUT2D eigenvalue weighted by atomic mass is 16.5. The lowest BCUT2D eigenvalue weighted by atomic mass is 9.77. The summed E-state index contributed by atoms with van der Waals surface area (Å²) < 4.78 is 5.25. The molecule has 0 saturated carbocycles. The fourth-order valence-corrected chi connectivity index (χ4v) is 1.98. The Labute approximate surface area is 78.7 Å². The summed E-state index contributed by atoms with van der Waals surface area (Å²) in [6.07, 6.45) is 1.11. The van der Waals surface area contributed by atoms with E-state index in [-0.39, 0.29) is 0 Å². The highest BCUT2D eigenvalue weighted by Gasteiger charge is 2.25. The first-order chi connectivity index (χ1) is 6.26. The summed E-state index contributed by atoms with van der Waals surface area (Å²) in [6.45, 7) is 2.84. The quantitative estimate of drug-likeness (QED) is 0.744. The SMILES string of the molecule is COc1cc2c(cc1C)C(CN)C2. The van der Waals surface area contributed by atoms with Crippen molar-refractivity contribution >= 4 is 0 Å². The van der Waals surface area contributed by atoms with Gasteiger partial charge in [-0.2, -0.15) is 0 Å². The van der Waals surface area contributed by atoms with E-state index in [4.69, 9.17) is 10.5 Å². The molecule has 13 heavy (non-hydrogen) atoms. The summed E-state index contributed by atoms with van der Waals surface area (Å²) >= 11 is 0. The van der Waals surface area contributed by atoms with Gasteiger partial charge in [-0.15, -0.1) is 0 Å². The summed E-state index contributed by atoms with van der Waals surface area (Å²) in [7, 11) is 1.72. The van der Waals surface area contributed by atoms with Crippen LogP contribution in [0.15, 0.2) is 12.1 Å². The fourth-order valence-electron chi connectivity index (χ4n) is 1.98. The molecule has 0 saturated heterocycles. The van der Waals surface area contributed by atoms with E-state index in [0.29, 0.717) is 5.92 Å². The van der Waals surface area contributed by atoms with E-state index < -0.39 is 0 Å². The number of rotatable bonds is 2. The van der Waals surface area contributed by atoms with E-state index in [2.05, 4.69) is 19.1 Å². The molecule has 0 aliphatic heterocycles. The summed E-state index contributed by atoms with van der Waals surface area (Å²) in [4.78, 5) is 0. The Hall–Kier alpha value is -1.02. The number of ether oxygens (including phenoxy) is 1. The zero-order chi connectivity index (χ0) is 9.42. The van der Waals surface area contributed by atoms with Crippen molar-refractivity contribution < 1.29 is 4.74 Å². The lowest BCUT2D eigenvalue weighted by Gasteiger charge is -2.30. The molecular weight excluding hydrogens is 162 g/mol. The van der Waals surface area contributed by atoms with Gasteiger partial charge in [0.05, 0.1) is 7.11 Å². The maximum atomic E-state index is 5.64. The highest BCUT2D eigenvalue weighted by molar-refractivity contribution is 5.49. The average molecular weight is 177 g/mol. The van der Waals surface area contributed by atoms with Gasteiger partial charge in [0.15, 0.2) is 0 Å². The van der Waals surface area contributed by atoms with Gasteiger partial charge in [-0.3, -0.25) is 0 Å². The molecule has 70 valence electrons. The Morgan fingerprint density at radius 2 is 2.31 bits per heavy atom. The molecule has 2 N–H and O–H groups in total. The van der Waals surface area contributed by atoms with Crippen LogP contribution in [0.25, 0.3) is 0 Å². The van der Waals surface area contributed by atoms with Crippen LogP contribution in [0, 0.1) is 6.92 Å². The average Bonchev–Trinajstić information content (AvgIpc) is 2.12. The van der Waals surface area contributed by atoms with Crippen molar-refractivity contribution in [2.75, 3.05) is 13.7 Å². The van der Waals surface area contributed by atoms with Crippen molar-refractivity contribution in [3.8, 4) is 5.75 Å². The number of aryl methyl sites for hydroxylation is 1. The maximum Gasteiger partial charge on any atom is 0.122 e. The third kappa shape index (κ3) is 1.22. The number of fused-ring (bicyclic) bond motifs is 1. The summed E-state index contributed by atoms with van der Waals surface area (Å²) in [6, 6.07) is 4.34. The maximum absolute atomic E-state index is 5.64. The molecule has 0 aromatic heterocycles. The molecule has 1 aliphatic rings. The summed E-state index contributed by atoms with van der Waals surface area (Å²) in [5.41, 5.74) is 9.66. The van der Waals surface area contributed by atoms with E-state index in [1.165, 1.54) is 16.7 Å². The van der Waals surface area contributed by atoms with Gasteiger partial charge in [-0.25, -0.2) is 0 Å². The largest absolute Gasteiger partial charge is 0.496 e. The van der Waals surface area contributed by atoms with E-state index in [9.17, 15) is 0 Å². The van der Waals surface area contributed by atoms with Crippen LogP contribution in [-0.2, 0) is 6.42 Å². The molecule has 0 spiro atoms. The minimum Gasteiger partial charge on any atom is -0.496 e. The molecule has 0 bridgehead atoms. The minimum absolute atomic E-state index is 0.583. The van der Waals surface area contributed by atoms with Crippen LogP contribution in [0.2, 0.25) is 0 Å². The van der Waals surface area contributed by atoms with Gasteiger partial charge in [-0.05, 0) is 42.6 Å². The predicted octanol–water partition coefficient (Wildman–Crippen LogP) is 1.60. The fraction of sp³-hybridized carbons (Fsp3) is 0.455. The molecular formula is C11H15NO. The van der Waals surface area contributed by atoms with Gasteiger partial charge in [0.1, 0.15) is 5.75 Å². The van der Waals surface area contributed by atoms with Crippen molar-refractivity contribution in [3.63, 3.8) is 0 Å². The Balaban J connectivity index is 2.38. The van der Waals surface area contributed by atoms with E-state index in [1.807, 2.05) is 0 Å². The van der Waals surface area contributed by atoms with Gasteiger partial charge >= 0.3 is 0 Å². The van der Waals surface area contributed by atoms with Crippen LogP contribution in [-0.4, -0.2) is 13.7 Å². The van der Waals surface area contributed by atoms with Crippen molar-refractivity contribution in [2.45, 2.75) is 19.3 Å². The lowest BCUT2D eigenvalue weighted by molar-refractivity contribution is 0.409. The van der Waals surface area contributed by atoms with Crippen LogP contribution in [0.4, 0.5) is 0 Å². The van der Waals surface area contributed by atoms with E-state index in [0.717, 1.165) is 18.7 Å². The number of methoxy groups -OCH3 is 1. The molecule has 0 radical (unpaired) electrons. The predicted molar refractivity (Wildman–Crippen MR) is 53.2 cm³/mol. The molecule has 1 aromatic rings. The van der Waals surface area contributed by atoms with Crippen LogP contribution < -0.4 is 10.5 Å². The first kappa shape index (κ1) is 8.57. The molecule has 2 nitrogen and oxygen atoms in total.